The molecule has 7 nitrogen and oxygen atoms in total. The van der Waals surface area contributed by atoms with Crippen molar-refractivity contribution < 1.29 is 22.7 Å². The van der Waals surface area contributed by atoms with Gasteiger partial charge in [0, 0.05) is 24.7 Å². The predicted octanol–water partition coefficient (Wildman–Crippen LogP) is 3.70. The van der Waals surface area contributed by atoms with Crippen molar-refractivity contribution in [3.8, 4) is 0 Å². The molecule has 0 atom stereocenters. The van der Waals surface area contributed by atoms with E-state index in [0.29, 0.717) is 4.90 Å². The fourth-order valence-corrected chi connectivity index (χ4v) is 4.27. The summed E-state index contributed by atoms with van der Waals surface area (Å²) in [6.07, 6.45) is 0. The molecule has 0 aliphatic rings. The third-order valence-electron chi connectivity index (χ3n) is 3.30. The van der Waals surface area contributed by atoms with Crippen LogP contribution in [-0.4, -0.2) is 45.7 Å². The Balaban J connectivity index is 2.32. The summed E-state index contributed by atoms with van der Waals surface area (Å²) >= 11 is 6.97. The molecule has 0 unspecified atom stereocenters. The molecule has 0 heterocycles. The Kier molecular flexibility index (Phi) is 6.74. The van der Waals surface area contributed by atoms with E-state index in [0.717, 1.165) is 17.8 Å². The lowest BCUT2D eigenvalue weighted by Crippen LogP contribution is -2.16. The van der Waals surface area contributed by atoms with Crippen molar-refractivity contribution >= 4 is 50.3 Å². The van der Waals surface area contributed by atoms with Gasteiger partial charge in [0.15, 0.2) is 0 Å². The molecular formula is C17H17ClN2O5S2. The lowest BCUT2D eigenvalue weighted by atomic mass is 10.2. The number of hydrogen-bond donors (Lipinski definition) is 1. The Morgan fingerprint density at radius 1 is 1.15 bits per heavy atom. The maximum absolute atomic E-state index is 12.7. The van der Waals surface area contributed by atoms with Crippen molar-refractivity contribution in [3.63, 3.8) is 0 Å². The van der Waals surface area contributed by atoms with E-state index in [2.05, 4.69) is 9.46 Å². The number of esters is 1. The third kappa shape index (κ3) is 5.38. The summed E-state index contributed by atoms with van der Waals surface area (Å²) in [5, 5.41) is -0.229. The molecule has 144 valence electrons. The molecule has 0 saturated heterocycles. The summed E-state index contributed by atoms with van der Waals surface area (Å²) in [4.78, 5) is 25.2. The Labute approximate surface area is 166 Å². The second-order valence-electron chi connectivity index (χ2n) is 5.53. The van der Waals surface area contributed by atoms with E-state index in [-0.39, 0.29) is 26.4 Å². The van der Waals surface area contributed by atoms with Crippen LogP contribution in [0.15, 0.2) is 52.3 Å². The van der Waals surface area contributed by atoms with Crippen molar-refractivity contribution in [2.75, 3.05) is 25.9 Å². The number of carbonyl (C=O) groups is 2. The molecule has 0 aliphatic heterocycles. The quantitative estimate of drug-likeness (QED) is 0.576. The number of nitrogens with zero attached hydrogens (tertiary/aromatic N) is 1. The van der Waals surface area contributed by atoms with Gasteiger partial charge < -0.3 is 9.64 Å². The van der Waals surface area contributed by atoms with Crippen LogP contribution in [0.5, 0.6) is 0 Å². The van der Waals surface area contributed by atoms with Gasteiger partial charge in [-0.05, 0) is 48.2 Å². The van der Waals surface area contributed by atoms with Gasteiger partial charge in [-0.2, -0.15) is 0 Å². The molecule has 0 spiro atoms. The van der Waals surface area contributed by atoms with Gasteiger partial charge in [0.25, 0.3) is 15.3 Å². The van der Waals surface area contributed by atoms with Crippen LogP contribution in [0.3, 0.4) is 0 Å². The highest BCUT2D eigenvalue weighted by Crippen LogP contribution is 2.28. The van der Waals surface area contributed by atoms with E-state index in [1.165, 1.54) is 30.2 Å². The van der Waals surface area contributed by atoms with Crippen molar-refractivity contribution in [2.24, 2.45) is 0 Å². The molecule has 0 aliphatic carbocycles. The number of anilines is 1. The van der Waals surface area contributed by atoms with Crippen LogP contribution < -0.4 is 4.72 Å². The number of benzene rings is 2. The number of amides is 1. The fourth-order valence-electron chi connectivity index (χ4n) is 1.98. The standard InChI is InChI=1S/C17H17ClN2O5S2/c1-20(2)17(22)26-13-6-4-5-12(10-13)19-27(23,24)15-9-11(16(21)25-3)7-8-14(15)18/h4-10,19H,1-3H3. The summed E-state index contributed by atoms with van der Waals surface area (Å²) in [7, 11) is 0.378. The normalized spacial score (nSPS) is 11.0. The van der Waals surface area contributed by atoms with Crippen LogP contribution in [0.2, 0.25) is 5.02 Å². The predicted molar refractivity (Wildman–Crippen MR) is 105 cm³/mol. The topological polar surface area (TPSA) is 92.8 Å². The maximum Gasteiger partial charge on any atom is 0.337 e. The molecule has 2 aromatic carbocycles. The number of carbonyl (C=O) groups excluding carboxylic acids is 2. The molecule has 0 bridgehead atoms. The summed E-state index contributed by atoms with van der Waals surface area (Å²) in [6.45, 7) is 0. The molecule has 1 amide bonds. The minimum atomic E-state index is -4.06. The van der Waals surface area contributed by atoms with Crippen LogP contribution in [0.1, 0.15) is 10.4 Å². The number of ether oxygens (including phenoxy) is 1. The van der Waals surface area contributed by atoms with Gasteiger partial charge in [-0.25, -0.2) is 13.2 Å². The second-order valence-corrected chi connectivity index (χ2v) is 8.62. The number of methoxy groups -OCH3 is 1. The van der Waals surface area contributed by atoms with E-state index in [4.69, 9.17) is 11.6 Å². The van der Waals surface area contributed by atoms with Crippen LogP contribution in [-0.2, 0) is 14.8 Å². The molecule has 1 N–H and O–H groups in total. The molecule has 0 fully saturated rings. The van der Waals surface area contributed by atoms with E-state index in [9.17, 15) is 18.0 Å². The average Bonchev–Trinajstić information content (AvgIpc) is 2.61. The zero-order chi connectivity index (χ0) is 20.2. The minimum Gasteiger partial charge on any atom is -0.465 e. The smallest absolute Gasteiger partial charge is 0.337 e. The van der Waals surface area contributed by atoms with Gasteiger partial charge in [-0.15, -0.1) is 0 Å². The minimum absolute atomic E-state index is 0.0385. The highest BCUT2D eigenvalue weighted by Gasteiger charge is 2.21. The van der Waals surface area contributed by atoms with Crippen molar-refractivity contribution in [2.45, 2.75) is 9.79 Å². The Morgan fingerprint density at radius 3 is 2.48 bits per heavy atom. The monoisotopic (exact) mass is 428 g/mol. The van der Waals surface area contributed by atoms with E-state index < -0.39 is 16.0 Å². The van der Waals surface area contributed by atoms with Crippen molar-refractivity contribution in [3.05, 3.63) is 53.1 Å². The molecule has 0 aromatic heterocycles. The fraction of sp³-hybridized carbons (Fsp3) is 0.176. The van der Waals surface area contributed by atoms with Crippen molar-refractivity contribution in [1.82, 2.24) is 4.90 Å². The van der Waals surface area contributed by atoms with E-state index in [1.54, 1.807) is 32.3 Å². The number of sulfonamides is 1. The molecule has 0 radical (unpaired) electrons. The second kappa shape index (κ2) is 8.64. The Bertz CT molecular complexity index is 977. The van der Waals surface area contributed by atoms with Gasteiger partial charge in [-0.1, -0.05) is 17.7 Å². The number of hydrogen-bond acceptors (Lipinski definition) is 6. The third-order valence-corrected chi connectivity index (χ3v) is 6.19. The highest BCUT2D eigenvalue weighted by atomic mass is 35.5. The molecule has 2 rings (SSSR count). The number of nitrogens with one attached hydrogen (secondary N) is 1. The van der Waals surface area contributed by atoms with Crippen molar-refractivity contribution in [1.29, 1.82) is 0 Å². The highest BCUT2D eigenvalue weighted by molar-refractivity contribution is 8.13. The average molecular weight is 429 g/mol. The summed E-state index contributed by atoms with van der Waals surface area (Å²) in [5.74, 6) is -0.677. The number of thioether (sulfide) groups is 1. The van der Waals surface area contributed by atoms with Crippen LogP contribution in [0.25, 0.3) is 0 Å². The van der Waals surface area contributed by atoms with Gasteiger partial charge in [-0.3, -0.25) is 9.52 Å². The largest absolute Gasteiger partial charge is 0.465 e. The molecule has 2 aromatic rings. The van der Waals surface area contributed by atoms with Gasteiger partial charge in [0.05, 0.1) is 17.7 Å². The summed E-state index contributed by atoms with van der Waals surface area (Å²) < 4.78 is 32.4. The van der Waals surface area contributed by atoms with E-state index in [1.807, 2.05) is 0 Å². The molecule has 0 saturated carbocycles. The number of rotatable bonds is 5. The molecular weight excluding hydrogens is 412 g/mol. The van der Waals surface area contributed by atoms with Gasteiger partial charge in [0.2, 0.25) is 0 Å². The SMILES string of the molecule is COC(=O)c1ccc(Cl)c(S(=O)(=O)Nc2cccc(SC(=O)N(C)C)c2)c1. The number of halogens is 1. The zero-order valence-electron chi connectivity index (χ0n) is 14.7. The summed E-state index contributed by atoms with van der Waals surface area (Å²) in [6, 6.07) is 10.2. The van der Waals surface area contributed by atoms with Crippen LogP contribution >= 0.6 is 23.4 Å². The van der Waals surface area contributed by atoms with E-state index >= 15 is 0 Å². The van der Waals surface area contributed by atoms with Crippen LogP contribution in [0.4, 0.5) is 10.5 Å². The zero-order valence-corrected chi connectivity index (χ0v) is 17.1. The summed E-state index contributed by atoms with van der Waals surface area (Å²) in [5.41, 5.74) is 0.314. The molecule has 10 heteroatoms. The van der Waals surface area contributed by atoms with Gasteiger partial charge >= 0.3 is 5.97 Å². The maximum atomic E-state index is 12.7. The first-order valence-electron chi connectivity index (χ1n) is 7.54. The Hall–Kier alpha value is -2.23. The lowest BCUT2D eigenvalue weighted by Gasteiger charge is -2.12. The van der Waals surface area contributed by atoms with Crippen LogP contribution in [0, 0.1) is 0 Å². The van der Waals surface area contributed by atoms with Gasteiger partial charge in [0.1, 0.15) is 4.90 Å². The first-order chi connectivity index (χ1) is 12.6. The Morgan fingerprint density at radius 2 is 1.85 bits per heavy atom. The first-order valence-corrected chi connectivity index (χ1v) is 10.2. The molecule has 27 heavy (non-hydrogen) atoms. The lowest BCUT2D eigenvalue weighted by molar-refractivity contribution is 0.0600. The first kappa shape index (κ1) is 21.1.